The molecule has 3 heteroatoms. The van der Waals surface area contributed by atoms with Crippen LogP contribution in [0.25, 0.3) is 0 Å². The van der Waals surface area contributed by atoms with E-state index in [0.29, 0.717) is 0 Å². The van der Waals surface area contributed by atoms with Crippen molar-refractivity contribution in [1.82, 2.24) is 0 Å². The Morgan fingerprint density at radius 3 is 2.48 bits per heavy atom. The van der Waals surface area contributed by atoms with Crippen LogP contribution in [0.15, 0.2) is 48.5 Å². The monoisotopic (exact) mass is 303 g/mol. The van der Waals surface area contributed by atoms with Crippen LogP contribution in [0.2, 0.25) is 5.02 Å². The van der Waals surface area contributed by atoms with Crippen molar-refractivity contribution < 1.29 is 4.74 Å². The molecule has 0 radical (unpaired) electrons. The lowest BCUT2D eigenvalue weighted by Gasteiger charge is -2.20. The molecule has 2 atom stereocenters. The highest BCUT2D eigenvalue weighted by atomic mass is 35.5. The first-order chi connectivity index (χ1) is 10.1. The predicted octanol–water partition coefficient (Wildman–Crippen LogP) is 4.76. The maximum Gasteiger partial charge on any atom is 0.124 e. The van der Waals surface area contributed by atoms with Gasteiger partial charge in [0.2, 0.25) is 0 Å². The lowest BCUT2D eigenvalue weighted by Crippen LogP contribution is -2.22. The molecule has 0 saturated carbocycles. The van der Waals surface area contributed by atoms with E-state index in [4.69, 9.17) is 22.1 Å². The first-order valence-electron chi connectivity index (χ1n) is 7.36. The van der Waals surface area contributed by atoms with E-state index in [2.05, 4.69) is 19.1 Å². The van der Waals surface area contributed by atoms with Gasteiger partial charge in [-0.2, -0.15) is 0 Å². The Bertz CT molecular complexity index is 571. The van der Waals surface area contributed by atoms with Crippen LogP contribution in [0.4, 0.5) is 0 Å². The molecule has 0 aromatic heterocycles. The molecule has 2 rings (SSSR count). The maximum atomic E-state index is 6.32. The van der Waals surface area contributed by atoms with Gasteiger partial charge in [-0.15, -0.1) is 0 Å². The minimum absolute atomic E-state index is 0.0266. The third-order valence-corrected chi connectivity index (χ3v) is 3.99. The largest absolute Gasteiger partial charge is 0.486 e. The standard InChI is InChI=1S/C18H22ClNO/c1-3-15(20)12-16-17(19)10-7-11-18(16)21-13(2)14-8-5-4-6-9-14/h4-11,13,15H,3,12,20H2,1-2H3. The number of nitrogens with two attached hydrogens (primary N) is 1. The normalized spacial score (nSPS) is 13.7. The van der Waals surface area contributed by atoms with Gasteiger partial charge in [0, 0.05) is 16.6 Å². The van der Waals surface area contributed by atoms with Gasteiger partial charge in [0.15, 0.2) is 0 Å². The number of ether oxygens (including phenoxy) is 1. The number of halogens is 1. The van der Waals surface area contributed by atoms with Crippen molar-refractivity contribution in [3.05, 3.63) is 64.7 Å². The quantitative estimate of drug-likeness (QED) is 0.835. The zero-order valence-corrected chi connectivity index (χ0v) is 13.3. The van der Waals surface area contributed by atoms with Crippen molar-refractivity contribution in [1.29, 1.82) is 0 Å². The molecule has 0 heterocycles. The molecule has 2 N–H and O–H groups in total. The first-order valence-corrected chi connectivity index (χ1v) is 7.74. The Kier molecular flexibility index (Phi) is 5.66. The van der Waals surface area contributed by atoms with E-state index >= 15 is 0 Å². The molecule has 112 valence electrons. The van der Waals surface area contributed by atoms with E-state index < -0.39 is 0 Å². The highest BCUT2D eigenvalue weighted by molar-refractivity contribution is 6.31. The van der Waals surface area contributed by atoms with Gasteiger partial charge in [-0.05, 0) is 37.5 Å². The Balaban J connectivity index is 2.21. The summed E-state index contributed by atoms with van der Waals surface area (Å²) < 4.78 is 6.12. The number of benzene rings is 2. The summed E-state index contributed by atoms with van der Waals surface area (Å²) in [4.78, 5) is 0. The smallest absolute Gasteiger partial charge is 0.124 e. The molecular weight excluding hydrogens is 282 g/mol. The van der Waals surface area contributed by atoms with Gasteiger partial charge in [0.1, 0.15) is 11.9 Å². The lowest BCUT2D eigenvalue weighted by molar-refractivity contribution is 0.224. The second-order valence-electron chi connectivity index (χ2n) is 5.26. The fourth-order valence-corrected chi connectivity index (χ4v) is 2.48. The molecular formula is C18H22ClNO. The van der Waals surface area contributed by atoms with Crippen LogP contribution < -0.4 is 10.5 Å². The van der Waals surface area contributed by atoms with Gasteiger partial charge in [-0.1, -0.05) is 54.9 Å². The second kappa shape index (κ2) is 7.48. The van der Waals surface area contributed by atoms with Crippen LogP contribution in [0.1, 0.15) is 37.5 Å². The van der Waals surface area contributed by atoms with Crippen molar-refractivity contribution >= 4 is 11.6 Å². The molecule has 2 unspecified atom stereocenters. The molecule has 0 aliphatic rings. The highest BCUT2D eigenvalue weighted by Gasteiger charge is 2.14. The average molecular weight is 304 g/mol. The summed E-state index contributed by atoms with van der Waals surface area (Å²) in [7, 11) is 0. The molecule has 2 aromatic carbocycles. The minimum Gasteiger partial charge on any atom is -0.486 e. The van der Waals surface area contributed by atoms with Crippen LogP contribution in [0.5, 0.6) is 5.75 Å². The SMILES string of the molecule is CCC(N)Cc1c(Cl)cccc1OC(C)c1ccccc1. The maximum absolute atomic E-state index is 6.32. The van der Waals surface area contributed by atoms with Crippen LogP contribution in [0.3, 0.4) is 0 Å². The average Bonchev–Trinajstić information content (AvgIpc) is 2.51. The van der Waals surface area contributed by atoms with Gasteiger partial charge in [-0.25, -0.2) is 0 Å². The highest BCUT2D eigenvalue weighted by Crippen LogP contribution is 2.31. The summed E-state index contributed by atoms with van der Waals surface area (Å²) in [6, 6.07) is 16.0. The number of hydrogen-bond acceptors (Lipinski definition) is 2. The molecule has 0 aliphatic heterocycles. The predicted molar refractivity (Wildman–Crippen MR) is 88.9 cm³/mol. The third kappa shape index (κ3) is 4.23. The zero-order chi connectivity index (χ0) is 15.2. The van der Waals surface area contributed by atoms with Crippen molar-refractivity contribution in [3.8, 4) is 5.75 Å². The molecule has 0 saturated heterocycles. The van der Waals surface area contributed by atoms with E-state index in [-0.39, 0.29) is 12.1 Å². The van der Waals surface area contributed by atoms with E-state index in [1.165, 1.54) is 0 Å². The molecule has 0 aliphatic carbocycles. The molecule has 0 spiro atoms. The van der Waals surface area contributed by atoms with E-state index in [9.17, 15) is 0 Å². The summed E-state index contributed by atoms with van der Waals surface area (Å²) in [5.74, 6) is 0.822. The lowest BCUT2D eigenvalue weighted by atomic mass is 10.0. The van der Waals surface area contributed by atoms with E-state index in [1.807, 2.05) is 43.3 Å². The van der Waals surface area contributed by atoms with E-state index in [1.54, 1.807) is 0 Å². The number of hydrogen-bond donors (Lipinski definition) is 1. The van der Waals surface area contributed by atoms with Crippen LogP contribution in [-0.2, 0) is 6.42 Å². The molecule has 0 fully saturated rings. The van der Waals surface area contributed by atoms with Gasteiger partial charge in [0.25, 0.3) is 0 Å². The Hall–Kier alpha value is -1.51. The van der Waals surface area contributed by atoms with Crippen molar-refractivity contribution in [2.24, 2.45) is 5.73 Å². The van der Waals surface area contributed by atoms with Gasteiger partial charge >= 0.3 is 0 Å². The van der Waals surface area contributed by atoms with Crippen LogP contribution in [0, 0.1) is 0 Å². The van der Waals surface area contributed by atoms with Crippen molar-refractivity contribution in [3.63, 3.8) is 0 Å². The van der Waals surface area contributed by atoms with Gasteiger partial charge < -0.3 is 10.5 Å². The third-order valence-electron chi connectivity index (χ3n) is 3.64. The summed E-state index contributed by atoms with van der Waals surface area (Å²) in [6.45, 7) is 4.12. The fraction of sp³-hybridized carbons (Fsp3) is 0.333. The Morgan fingerprint density at radius 2 is 1.81 bits per heavy atom. The minimum atomic E-state index is -0.0266. The number of rotatable bonds is 6. The molecule has 2 aromatic rings. The summed E-state index contributed by atoms with van der Waals surface area (Å²) >= 11 is 6.32. The summed E-state index contributed by atoms with van der Waals surface area (Å²) in [5, 5.41) is 0.719. The van der Waals surface area contributed by atoms with Crippen molar-refractivity contribution in [2.75, 3.05) is 0 Å². The van der Waals surface area contributed by atoms with Crippen molar-refractivity contribution in [2.45, 2.75) is 38.8 Å². The Morgan fingerprint density at radius 1 is 1.10 bits per heavy atom. The van der Waals surface area contributed by atoms with Gasteiger partial charge in [0.05, 0.1) is 0 Å². The molecule has 0 amide bonds. The topological polar surface area (TPSA) is 35.2 Å². The molecule has 21 heavy (non-hydrogen) atoms. The summed E-state index contributed by atoms with van der Waals surface area (Å²) in [6.07, 6.45) is 1.62. The second-order valence-corrected chi connectivity index (χ2v) is 5.67. The summed E-state index contributed by atoms with van der Waals surface area (Å²) in [5.41, 5.74) is 8.21. The van der Waals surface area contributed by atoms with E-state index in [0.717, 1.165) is 34.7 Å². The van der Waals surface area contributed by atoms with Crippen LogP contribution >= 0.6 is 11.6 Å². The first kappa shape index (κ1) is 15.9. The molecule has 0 bridgehead atoms. The molecule has 2 nitrogen and oxygen atoms in total. The Labute approximate surface area is 131 Å². The zero-order valence-electron chi connectivity index (χ0n) is 12.6. The fourth-order valence-electron chi connectivity index (χ4n) is 2.24. The van der Waals surface area contributed by atoms with Crippen LogP contribution in [-0.4, -0.2) is 6.04 Å². The van der Waals surface area contributed by atoms with Gasteiger partial charge in [-0.3, -0.25) is 0 Å².